The fourth-order valence-electron chi connectivity index (χ4n) is 3.40. The van der Waals surface area contributed by atoms with E-state index in [1.54, 1.807) is 6.07 Å². The van der Waals surface area contributed by atoms with Gasteiger partial charge in [-0.1, -0.05) is 57.0 Å². The molecule has 2 rings (SSSR count). The molecular formula is C24H34O2. The monoisotopic (exact) mass is 354 g/mol. The Morgan fingerprint density at radius 3 is 2.19 bits per heavy atom. The van der Waals surface area contributed by atoms with Gasteiger partial charge in [0.15, 0.2) is 0 Å². The SMILES string of the molecule is CCCCc1cccc(OC(C)(C)Cc2ccccc2O)c1CCCC. The van der Waals surface area contributed by atoms with E-state index < -0.39 is 0 Å². The molecule has 0 amide bonds. The molecule has 0 aliphatic rings. The Morgan fingerprint density at radius 2 is 1.50 bits per heavy atom. The minimum Gasteiger partial charge on any atom is -0.508 e. The molecule has 2 aromatic rings. The maximum Gasteiger partial charge on any atom is 0.123 e. The van der Waals surface area contributed by atoms with Gasteiger partial charge in [0.1, 0.15) is 17.1 Å². The molecule has 1 N–H and O–H groups in total. The van der Waals surface area contributed by atoms with Gasteiger partial charge in [-0.15, -0.1) is 0 Å². The highest BCUT2D eigenvalue weighted by atomic mass is 16.5. The number of benzene rings is 2. The molecule has 2 nitrogen and oxygen atoms in total. The van der Waals surface area contributed by atoms with Crippen molar-refractivity contribution in [2.45, 2.75) is 78.2 Å². The fourth-order valence-corrected chi connectivity index (χ4v) is 3.40. The zero-order valence-corrected chi connectivity index (χ0v) is 16.8. The highest BCUT2D eigenvalue weighted by molar-refractivity contribution is 5.41. The van der Waals surface area contributed by atoms with E-state index in [9.17, 15) is 5.11 Å². The van der Waals surface area contributed by atoms with Crippen molar-refractivity contribution in [3.8, 4) is 11.5 Å². The predicted octanol–water partition coefficient (Wildman–Crippen LogP) is 6.48. The van der Waals surface area contributed by atoms with Crippen LogP contribution in [0.3, 0.4) is 0 Å². The maximum absolute atomic E-state index is 10.1. The zero-order valence-electron chi connectivity index (χ0n) is 16.8. The molecule has 0 saturated carbocycles. The molecule has 0 aliphatic carbocycles. The number of rotatable bonds is 10. The van der Waals surface area contributed by atoms with Crippen LogP contribution in [-0.4, -0.2) is 10.7 Å². The lowest BCUT2D eigenvalue weighted by Crippen LogP contribution is -2.31. The van der Waals surface area contributed by atoms with Crippen molar-refractivity contribution >= 4 is 0 Å². The molecule has 0 fully saturated rings. The summed E-state index contributed by atoms with van der Waals surface area (Å²) >= 11 is 0. The second-order valence-electron chi connectivity index (χ2n) is 7.77. The van der Waals surface area contributed by atoms with Gasteiger partial charge in [0, 0.05) is 6.42 Å². The Morgan fingerprint density at radius 1 is 0.846 bits per heavy atom. The van der Waals surface area contributed by atoms with Crippen molar-refractivity contribution in [3.63, 3.8) is 0 Å². The van der Waals surface area contributed by atoms with E-state index in [4.69, 9.17) is 4.74 Å². The van der Waals surface area contributed by atoms with E-state index in [1.165, 1.54) is 36.8 Å². The Kier molecular flexibility index (Phi) is 7.56. The van der Waals surface area contributed by atoms with Crippen molar-refractivity contribution in [3.05, 3.63) is 59.2 Å². The predicted molar refractivity (Wildman–Crippen MR) is 110 cm³/mol. The number of para-hydroxylation sites is 1. The van der Waals surface area contributed by atoms with Crippen LogP contribution < -0.4 is 4.74 Å². The molecule has 2 heteroatoms. The molecule has 0 heterocycles. The molecule has 0 aromatic heterocycles. The van der Waals surface area contributed by atoms with Gasteiger partial charge in [-0.25, -0.2) is 0 Å². The van der Waals surface area contributed by atoms with E-state index >= 15 is 0 Å². The quantitative estimate of drug-likeness (QED) is 0.529. The third-order valence-electron chi connectivity index (χ3n) is 4.80. The van der Waals surface area contributed by atoms with Gasteiger partial charge in [0.2, 0.25) is 0 Å². The average Bonchev–Trinajstić information content (AvgIpc) is 2.60. The molecule has 0 saturated heterocycles. The highest BCUT2D eigenvalue weighted by Gasteiger charge is 2.24. The lowest BCUT2D eigenvalue weighted by Gasteiger charge is -2.29. The fraction of sp³-hybridized carbons (Fsp3) is 0.500. The molecule has 142 valence electrons. The summed E-state index contributed by atoms with van der Waals surface area (Å²) in [5, 5.41) is 10.1. The van der Waals surface area contributed by atoms with Crippen molar-refractivity contribution in [2.24, 2.45) is 0 Å². The van der Waals surface area contributed by atoms with Crippen LogP contribution in [0.5, 0.6) is 11.5 Å². The van der Waals surface area contributed by atoms with Crippen molar-refractivity contribution in [1.29, 1.82) is 0 Å². The number of hydrogen-bond acceptors (Lipinski definition) is 2. The first kappa shape index (κ1) is 20.4. The Bertz CT molecular complexity index is 688. The number of aryl methyl sites for hydroxylation is 1. The topological polar surface area (TPSA) is 29.5 Å². The first-order valence-corrected chi connectivity index (χ1v) is 10.0. The second kappa shape index (κ2) is 9.66. The Balaban J connectivity index is 2.24. The third kappa shape index (κ3) is 5.79. The molecule has 0 unspecified atom stereocenters. The van der Waals surface area contributed by atoms with E-state index in [0.29, 0.717) is 12.2 Å². The maximum atomic E-state index is 10.1. The van der Waals surface area contributed by atoms with Crippen LogP contribution in [0, 0.1) is 0 Å². The summed E-state index contributed by atoms with van der Waals surface area (Å²) in [7, 11) is 0. The van der Waals surface area contributed by atoms with Gasteiger partial charge in [0.25, 0.3) is 0 Å². The van der Waals surface area contributed by atoms with Crippen molar-refractivity contribution < 1.29 is 9.84 Å². The van der Waals surface area contributed by atoms with E-state index in [-0.39, 0.29) is 5.60 Å². The smallest absolute Gasteiger partial charge is 0.123 e. The normalized spacial score (nSPS) is 11.5. The molecule has 0 spiro atoms. The minimum absolute atomic E-state index is 0.340. The third-order valence-corrected chi connectivity index (χ3v) is 4.80. The van der Waals surface area contributed by atoms with Gasteiger partial charge in [0.05, 0.1) is 0 Å². The standard InChI is InChI=1S/C24H34O2/c1-5-7-12-19-14-11-17-23(21(19)15-8-6-2)26-24(3,4)18-20-13-9-10-16-22(20)25/h9-11,13-14,16-17,25H,5-8,12,15,18H2,1-4H3. The Labute approximate surface area is 159 Å². The summed E-state index contributed by atoms with van der Waals surface area (Å²) in [6, 6.07) is 14.0. The molecule has 2 aromatic carbocycles. The summed E-state index contributed by atoms with van der Waals surface area (Å²) in [6.07, 6.45) is 7.64. The number of unbranched alkanes of at least 4 members (excludes halogenated alkanes) is 2. The van der Waals surface area contributed by atoms with Crippen molar-refractivity contribution in [1.82, 2.24) is 0 Å². The summed E-state index contributed by atoms with van der Waals surface area (Å²) in [6.45, 7) is 8.67. The number of hydrogen-bond donors (Lipinski definition) is 1. The first-order valence-electron chi connectivity index (χ1n) is 10.0. The van der Waals surface area contributed by atoms with Crippen LogP contribution in [-0.2, 0) is 19.3 Å². The molecule has 26 heavy (non-hydrogen) atoms. The van der Waals surface area contributed by atoms with Gasteiger partial charge >= 0.3 is 0 Å². The summed E-state index contributed by atoms with van der Waals surface area (Å²) < 4.78 is 6.50. The highest BCUT2D eigenvalue weighted by Crippen LogP contribution is 2.31. The summed E-state index contributed by atoms with van der Waals surface area (Å²) in [5.41, 5.74) is 3.34. The average molecular weight is 355 g/mol. The zero-order chi connectivity index (χ0) is 19.0. The molecule has 0 atom stereocenters. The minimum atomic E-state index is -0.386. The number of phenolic OH excluding ortho intramolecular Hbond substituents is 1. The molecule has 0 bridgehead atoms. The van der Waals surface area contributed by atoms with E-state index in [2.05, 4.69) is 45.9 Å². The van der Waals surface area contributed by atoms with Crippen molar-refractivity contribution in [2.75, 3.05) is 0 Å². The number of aromatic hydroxyl groups is 1. The van der Waals surface area contributed by atoms with Crippen LogP contribution >= 0.6 is 0 Å². The molecular weight excluding hydrogens is 320 g/mol. The summed E-state index contributed by atoms with van der Waals surface area (Å²) in [4.78, 5) is 0. The van der Waals surface area contributed by atoms with Crippen LogP contribution in [0.1, 0.15) is 70.1 Å². The molecule has 0 radical (unpaired) electrons. The van der Waals surface area contributed by atoms with Gasteiger partial charge < -0.3 is 9.84 Å². The summed E-state index contributed by atoms with van der Waals surface area (Å²) in [5.74, 6) is 1.35. The number of phenols is 1. The lowest BCUT2D eigenvalue weighted by molar-refractivity contribution is 0.107. The van der Waals surface area contributed by atoms with Gasteiger partial charge in [-0.3, -0.25) is 0 Å². The van der Waals surface area contributed by atoms with Crippen LogP contribution in [0.15, 0.2) is 42.5 Å². The number of ether oxygens (including phenoxy) is 1. The first-order chi connectivity index (χ1) is 12.5. The van der Waals surface area contributed by atoms with Crippen LogP contribution in [0.25, 0.3) is 0 Å². The largest absolute Gasteiger partial charge is 0.508 e. The van der Waals surface area contributed by atoms with Gasteiger partial charge in [-0.2, -0.15) is 0 Å². The Hall–Kier alpha value is -1.96. The van der Waals surface area contributed by atoms with Crippen LogP contribution in [0.2, 0.25) is 0 Å². The van der Waals surface area contributed by atoms with Gasteiger partial charge in [-0.05, 0) is 68.4 Å². The molecule has 0 aliphatic heterocycles. The van der Waals surface area contributed by atoms with E-state index in [0.717, 1.165) is 24.2 Å². The second-order valence-corrected chi connectivity index (χ2v) is 7.77. The van der Waals surface area contributed by atoms with E-state index in [1.807, 2.05) is 18.2 Å². The van der Waals surface area contributed by atoms with Crippen LogP contribution in [0.4, 0.5) is 0 Å². The lowest BCUT2D eigenvalue weighted by atomic mass is 9.95.